The van der Waals surface area contributed by atoms with Gasteiger partial charge in [-0.05, 0) is 31.9 Å². The van der Waals surface area contributed by atoms with Crippen molar-refractivity contribution in [2.75, 3.05) is 14.2 Å². The Morgan fingerprint density at radius 1 is 1.11 bits per heavy atom. The first kappa shape index (κ1) is 15.0. The van der Waals surface area contributed by atoms with Crippen LogP contribution in [0.2, 0.25) is 0 Å². The van der Waals surface area contributed by atoms with Gasteiger partial charge in [-0.15, -0.1) is 0 Å². The van der Waals surface area contributed by atoms with Gasteiger partial charge in [0.1, 0.15) is 5.75 Å². The summed E-state index contributed by atoms with van der Waals surface area (Å²) in [5, 5.41) is 3.48. The van der Waals surface area contributed by atoms with E-state index < -0.39 is 0 Å². The zero-order chi connectivity index (χ0) is 13.4. The summed E-state index contributed by atoms with van der Waals surface area (Å²) >= 11 is 0. The van der Waals surface area contributed by atoms with Gasteiger partial charge in [-0.3, -0.25) is 0 Å². The van der Waals surface area contributed by atoms with Crippen LogP contribution in [0.3, 0.4) is 0 Å². The minimum Gasteiger partial charge on any atom is -0.496 e. The van der Waals surface area contributed by atoms with E-state index >= 15 is 0 Å². The predicted octanol–water partition coefficient (Wildman–Crippen LogP) is 4.17. The van der Waals surface area contributed by atoms with E-state index in [0.29, 0.717) is 12.0 Å². The molecule has 0 aromatic heterocycles. The number of nitrogens with one attached hydrogen (secondary N) is 1. The lowest BCUT2D eigenvalue weighted by atomic mass is 9.86. The molecule has 1 unspecified atom stereocenters. The zero-order valence-electron chi connectivity index (χ0n) is 12.2. The van der Waals surface area contributed by atoms with E-state index in [0.717, 1.165) is 5.75 Å². The summed E-state index contributed by atoms with van der Waals surface area (Å²) in [4.78, 5) is 0. The van der Waals surface area contributed by atoms with Gasteiger partial charge in [0, 0.05) is 11.6 Å². The number of para-hydroxylation sites is 1. The Balaban J connectivity index is 2.98. The number of hydrogen-bond acceptors (Lipinski definition) is 2. The van der Waals surface area contributed by atoms with Crippen LogP contribution in [0, 0.1) is 5.92 Å². The van der Waals surface area contributed by atoms with Crippen molar-refractivity contribution < 1.29 is 4.74 Å². The highest BCUT2D eigenvalue weighted by Crippen LogP contribution is 2.34. The quantitative estimate of drug-likeness (QED) is 0.746. The van der Waals surface area contributed by atoms with Crippen molar-refractivity contribution in [2.45, 2.75) is 45.6 Å². The fourth-order valence-electron chi connectivity index (χ4n) is 2.79. The molecule has 0 radical (unpaired) electrons. The third-order valence-electron chi connectivity index (χ3n) is 3.58. The average molecular weight is 249 g/mol. The Morgan fingerprint density at radius 2 is 1.72 bits per heavy atom. The maximum atomic E-state index is 5.49. The highest BCUT2D eigenvalue weighted by atomic mass is 16.5. The van der Waals surface area contributed by atoms with Gasteiger partial charge in [-0.25, -0.2) is 0 Å². The lowest BCUT2D eigenvalue weighted by molar-refractivity contribution is 0.318. The van der Waals surface area contributed by atoms with Crippen LogP contribution in [0.15, 0.2) is 24.3 Å². The van der Waals surface area contributed by atoms with Gasteiger partial charge < -0.3 is 10.1 Å². The van der Waals surface area contributed by atoms with Crippen LogP contribution in [0.1, 0.15) is 51.1 Å². The lowest BCUT2D eigenvalue weighted by Crippen LogP contribution is -2.25. The van der Waals surface area contributed by atoms with Crippen LogP contribution in [0.5, 0.6) is 5.75 Å². The maximum Gasteiger partial charge on any atom is 0.123 e. The molecular weight excluding hydrogens is 222 g/mol. The fraction of sp³-hybridized carbons (Fsp3) is 0.625. The molecular formula is C16H27NO. The molecule has 1 aromatic rings. The predicted molar refractivity (Wildman–Crippen MR) is 78.1 cm³/mol. The van der Waals surface area contributed by atoms with Gasteiger partial charge in [0.15, 0.2) is 0 Å². The van der Waals surface area contributed by atoms with E-state index in [4.69, 9.17) is 4.74 Å². The number of hydrogen-bond donors (Lipinski definition) is 1. The van der Waals surface area contributed by atoms with E-state index in [1.54, 1.807) is 7.11 Å². The molecule has 0 fully saturated rings. The minimum atomic E-state index is 0.390. The molecule has 0 spiro atoms. The van der Waals surface area contributed by atoms with Gasteiger partial charge in [0.05, 0.1) is 7.11 Å². The van der Waals surface area contributed by atoms with Crippen molar-refractivity contribution in [2.24, 2.45) is 5.92 Å². The summed E-state index contributed by atoms with van der Waals surface area (Å²) in [5.74, 6) is 1.68. The van der Waals surface area contributed by atoms with Crippen LogP contribution < -0.4 is 10.1 Å². The number of ether oxygens (including phenoxy) is 1. The smallest absolute Gasteiger partial charge is 0.123 e. The van der Waals surface area contributed by atoms with Crippen LogP contribution in [0.25, 0.3) is 0 Å². The Bertz CT molecular complexity index is 332. The first-order valence-electron chi connectivity index (χ1n) is 7.08. The highest BCUT2D eigenvalue weighted by molar-refractivity contribution is 5.36. The molecule has 1 atom stereocenters. The van der Waals surface area contributed by atoms with E-state index in [-0.39, 0.29) is 0 Å². The van der Waals surface area contributed by atoms with Crippen molar-refractivity contribution in [3.63, 3.8) is 0 Å². The van der Waals surface area contributed by atoms with E-state index in [2.05, 4.69) is 44.4 Å². The van der Waals surface area contributed by atoms with Gasteiger partial charge in [-0.2, -0.15) is 0 Å². The number of rotatable bonds is 8. The summed E-state index contributed by atoms with van der Waals surface area (Å²) in [6.45, 7) is 4.52. The fourth-order valence-corrected chi connectivity index (χ4v) is 2.79. The molecule has 1 N–H and O–H groups in total. The summed E-state index contributed by atoms with van der Waals surface area (Å²) in [5.41, 5.74) is 1.29. The molecule has 0 aliphatic rings. The van der Waals surface area contributed by atoms with Gasteiger partial charge >= 0.3 is 0 Å². The summed E-state index contributed by atoms with van der Waals surface area (Å²) in [7, 11) is 3.80. The van der Waals surface area contributed by atoms with Gasteiger partial charge in [0.25, 0.3) is 0 Å². The van der Waals surface area contributed by atoms with E-state index in [1.807, 2.05) is 6.07 Å². The molecule has 1 rings (SSSR count). The molecule has 102 valence electrons. The Labute approximate surface area is 112 Å². The molecule has 2 heteroatoms. The van der Waals surface area contributed by atoms with E-state index in [9.17, 15) is 0 Å². The summed E-state index contributed by atoms with van der Waals surface area (Å²) in [6, 6.07) is 8.74. The van der Waals surface area contributed by atoms with Crippen molar-refractivity contribution in [3.05, 3.63) is 29.8 Å². The molecule has 0 saturated carbocycles. The third kappa shape index (κ3) is 3.74. The third-order valence-corrected chi connectivity index (χ3v) is 3.58. The Kier molecular flexibility index (Phi) is 6.81. The standard InChI is InChI=1S/C16H27NO/c1-5-9-13(10-6-2)16(17-3)14-11-7-8-12-15(14)18-4/h7-8,11-13,16-17H,5-6,9-10H2,1-4H3. The summed E-state index contributed by atoms with van der Waals surface area (Å²) in [6.07, 6.45) is 4.99. The minimum absolute atomic E-state index is 0.390. The maximum absolute atomic E-state index is 5.49. The molecule has 1 aromatic carbocycles. The SMILES string of the molecule is CCCC(CCC)C(NC)c1ccccc1OC. The normalized spacial score (nSPS) is 12.7. The largest absolute Gasteiger partial charge is 0.496 e. The van der Waals surface area contributed by atoms with Crippen LogP contribution >= 0.6 is 0 Å². The first-order chi connectivity index (χ1) is 8.78. The van der Waals surface area contributed by atoms with Crippen molar-refractivity contribution >= 4 is 0 Å². The highest BCUT2D eigenvalue weighted by Gasteiger charge is 2.22. The second-order valence-corrected chi connectivity index (χ2v) is 4.85. The molecule has 0 saturated heterocycles. The number of benzene rings is 1. The van der Waals surface area contributed by atoms with Gasteiger partial charge in [0.2, 0.25) is 0 Å². The zero-order valence-corrected chi connectivity index (χ0v) is 12.2. The average Bonchev–Trinajstić information content (AvgIpc) is 2.40. The number of methoxy groups -OCH3 is 1. The molecule has 0 aliphatic carbocycles. The lowest BCUT2D eigenvalue weighted by Gasteiger charge is -2.28. The summed E-state index contributed by atoms with van der Waals surface area (Å²) < 4.78 is 5.49. The molecule has 0 aliphatic heterocycles. The first-order valence-corrected chi connectivity index (χ1v) is 7.08. The monoisotopic (exact) mass is 249 g/mol. The molecule has 0 amide bonds. The van der Waals surface area contributed by atoms with E-state index in [1.165, 1.54) is 31.2 Å². The second kappa shape index (κ2) is 8.15. The molecule has 18 heavy (non-hydrogen) atoms. The molecule has 2 nitrogen and oxygen atoms in total. The second-order valence-electron chi connectivity index (χ2n) is 4.85. The Hall–Kier alpha value is -1.02. The van der Waals surface area contributed by atoms with Gasteiger partial charge in [-0.1, -0.05) is 44.9 Å². The van der Waals surface area contributed by atoms with Crippen molar-refractivity contribution in [1.29, 1.82) is 0 Å². The molecule has 0 bridgehead atoms. The van der Waals surface area contributed by atoms with Crippen LogP contribution in [-0.2, 0) is 0 Å². The van der Waals surface area contributed by atoms with Crippen molar-refractivity contribution in [3.8, 4) is 5.75 Å². The van der Waals surface area contributed by atoms with Crippen LogP contribution in [0.4, 0.5) is 0 Å². The molecule has 0 heterocycles. The van der Waals surface area contributed by atoms with Crippen molar-refractivity contribution in [1.82, 2.24) is 5.32 Å². The topological polar surface area (TPSA) is 21.3 Å². The Morgan fingerprint density at radius 3 is 2.22 bits per heavy atom. The van der Waals surface area contributed by atoms with Crippen LogP contribution in [-0.4, -0.2) is 14.2 Å².